The second-order valence-corrected chi connectivity index (χ2v) is 6.81. The van der Waals surface area contributed by atoms with Crippen LogP contribution in [-0.2, 0) is 4.74 Å². The first-order valence-electron chi connectivity index (χ1n) is 8.66. The minimum absolute atomic E-state index is 0.0000529. The third-order valence-corrected chi connectivity index (χ3v) is 5.18. The summed E-state index contributed by atoms with van der Waals surface area (Å²) in [5.41, 5.74) is -0.291. The Hall–Kier alpha value is -2.46. The topological polar surface area (TPSA) is 134 Å². The molecule has 0 aliphatic carbocycles. The van der Waals surface area contributed by atoms with Crippen molar-refractivity contribution in [3.05, 3.63) is 62.3 Å². The first-order valence-corrected chi connectivity index (χ1v) is 8.66. The Morgan fingerprint density at radius 1 is 1.15 bits per heavy atom. The minimum Gasteiger partial charge on any atom is -0.469 e. The Kier molecular flexibility index (Phi) is 4.39. The van der Waals surface area contributed by atoms with Gasteiger partial charge in [0.1, 0.15) is 24.4 Å². The number of aromatic nitrogens is 2. The van der Waals surface area contributed by atoms with Crippen LogP contribution in [0.5, 0.6) is 5.88 Å². The van der Waals surface area contributed by atoms with E-state index in [1.165, 1.54) is 0 Å². The highest BCUT2D eigenvalue weighted by molar-refractivity contribution is 5.38. The molecule has 0 spiro atoms. The van der Waals surface area contributed by atoms with Gasteiger partial charge in [0.15, 0.2) is 6.23 Å². The second-order valence-electron chi connectivity index (χ2n) is 6.81. The highest BCUT2D eigenvalue weighted by Crippen LogP contribution is 2.45. The summed E-state index contributed by atoms with van der Waals surface area (Å²) < 4.78 is 12.4. The highest BCUT2D eigenvalue weighted by atomic mass is 16.6. The molecule has 6 atom stereocenters. The lowest BCUT2D eigenvalue weighted by molar-refractivity contribution is -0.0587. The number of ether oxygens (including phenoxy) is 2. The number of hydrogen-bond donors (Lipinski definition) is 4. The molecule has 0 saturated carbocycles. The number of hydrogen-bond acceptors (Lipinski definition) is 7. The number of nitrogens with zero attached hydrogens (tertiary/aromatic N) is 1. The fourth-order valence-electron chi connectivity index (χ4n) is 3.76. The van der Waals surface area contributed by atoms with E-state index in [-0.39, 0.29) is 17.4 Å². The van der Waals surface area contributed by atoms with Crippen LogP contribution in [0.15, 0.2) is 39.9 Å². The van der Waals surface area contributed by atoms with Crippen molar-refractivity contribution in [1.29, 1.82) is 0 Å². The predicted molar refractivity (Wildman–Crippen MR) is 92.6 cm³/mol. The first-order chi connectivity index (χ1) is 12.9. The average molecular weight is 376 g/mol. The first kappa shape index (κ1) is 17.9. The van der Waals surface area contributed by atoms with Crippen LogP contribution >= 0.6 is 0 Å². The van der Waals surface area contributed by atoms with Gasteiger partial charge in [-0.05, 0) is 5.56 Å². The van der Waals surface area contributed by atoms with Crippen LogP contribution in [0.4, 0.5) is 0 Å². The summed E-state index contributed by atoms with van der Waals surface area (Å²) in [6.07, 6.45) is -5.68. The maximum atomic E-state index is 12.5. The van der Waals surface area contributed by atoms with E-state index >= 15 is 0 Å². The van der Waals surface area contributed by atoms with E-state index in [9.17, 15) is 24.9 Å². The molecule has 1 aromatic carbocycles. The molecule has 4 unspecified atom stereocenters. The lowest BCUT2D eigenvalue weighted by atomic mass is 9.94. The van der Waals surface area contributed by atoms with Crippen LogP contribution in [0, 0.1) is 0 Å². The zero-order valence-corrected chi connectivity index (χ0v) is 14.5. The maximum absolute atomic E-state index is 12.5. The van der Waals surface area contributed by atoms with E-state index in [2.05, 4.69) is 4.98 Å². The van der Waals surface area contributed by atoms with Crippen molar-refractivity contribution in [2.24, 2.45) is 0 Å². The molecular formula is C18H20N2O7. The van der Waals surface area contributed by atoms with Gasteiger partial charge in [-0.15, -0.1) is 0 Å². The molecule has 3 heterocycles. The molecule has 1 fully saturated rings. The summed E-state index contributed by atoms with van der Waals surface area (Å²) in [6, 6.07) is 9.26. The average Bonchev–Trinajstić information content (AvgIpc) is 3.14. The van der Waals surface area contributed by atoms with Gasteiger partial charge in [0.25, 0.3) is 5.56 Å². The molecule has 9 nitrogen and oxygen atoms in total. The van der Waals surface area contributed by atoms with Crippen molar-refractivity contribution in [2.45, 2.75) is 43.5 Å². The molecule has 27 heavy (non-hydrogen) atoms. The minimum atomic E-state index is -1.47. The number of aromatic amines is 1. The van der Waals surface area contributed by atoms with Crippen molar-refractivity contribution in [2.75, 3.05) is 6.61 Å². The third kappa shape index (κ3) is 2.71. The molecule has 2 aliphatic heterocycles. The lowest BCUT2D eigenvalue weighted by Gasteiger charge is -2.20. The molecule has 1 aromatic heterocycles. The number of rotatable bonds is 3. The zero-order valence-electron chi connectivity index (χ0n) is 14.5. The maximum Gasteiger partial charge on any atom is 0.333 e. The van der Waals surface area contributed by atoms with Gasteiger partial charge in [0, 0.05) is 5.92 Å². The Balaban J connectivity index is 1.82. The summed E-state index contributed by atoms with van der Waals surface area (Å²) in [7, 11) is 0. The molecule has 2 aromatic rings. The van der Waals surface area contributed by atoms with Crippen LogP contribution < -0.4 is 16.0 Å². The summed E-state index contributed by atoms with van der Waals surface area (Å²) in [6.45, 7) is 1.28. The summed E-state index contributed by atoms with van der Waals surface area (Å²) in [5.74, 6) is -0.352. The Labute approximate surface area is 153 Å². The Morgan fingerprint density at radius 2 is 1.85 bits per heavy atom. The number of nitrogens with one attached hydrogen (secondary N) is 1. The standard InChI is InChI=1S/C18H20N2O7/c1-8-11-15(24)19-18(25)20(17-13(23)12(22)10(7-21)26-17)16(11)27-14(8)9-5-3-2-4-6-9/h2-6,8,10,12-14,17,21-23H,7H2,1H3,(H,19,24,25)/t8-,10?,12?,13?,14-,17?/m0/s1. The van der Waals surface area contributed by atoms with Gasteiger partial charge in [-0.1, -0.05) is 37.3 Å². The molecule has 9 heteroatoms. The predicted octanol–water partition coefficient (Wildman–Crippen LogP) is -0.615. The normalized spacial score (nSPS) is 32.3. The Morgan fingerprint density at radius 3 is 2.48 bits per heavy atom. The molecule has 0 bridgehead atoms. The van der Waals surface area contributed by atoms with Crippen molar-refractivity contribution in [1.82, 2.24) is 9.55 Å². The summed E-state index contributed by atoms with van der Waals surface area (Å²) in [4.78, 5) is 27.1. The van der Waals surface area contributed by atoms with Gasteiger partial charge < -0.3 is 24.8 Å². The molecule has 4 N–H and O–H groups in total. The SMILES string of the molecule is C[C@H]1c2c(n(C3OC(CO)C(O)C3O)c(=O)[nH]c2=O)O[C@@H]1c1ccccc1. The lowest BCUT2D eigenvalue weighted by Crippen LogP contribution is -2.39. The van der Waals surface area contributed by atoms with Crippen LogP contribution in [0.1, 0.15) is 36.3 Å². The molecule has 0 radical (unpaired) electrons. The molecule has 2 aliphatic rings. The van der Waals surface area contributed by atoms with Crippen molar-refractivity contribution < 1.29 is 24.8 Å². The van der Waals surface area contributed by atoms with Crippen LogP contribution in [-0.4, -0.2) is 49.8 Å². The number of H-pyrrole nitrogens is 1. The fraction of sp³-hybridized carbons (Fsp3) is 0.444. The van der Waals surface area contributed by atoms with Crippen molar-refractivity contribution >= 4 is 0 Å². The summed E-state index contributed by atoms with van der Waals surface area (Å²) >= 11 is 0. The number of benzene rings is 1. The molecule has 4 rings (SSSR count). The van der Waals surface area contributed by atoms with Gasteiger partial charge in [-0.3, -0.25) is 9.78 Å². The Bertz CT molecular complexity index is 954. The van der Waals surface area contributed by atoms with Gasteiger partial charge in [0.05, 0.1) is 12.2 Å². The molecule has 0 amide bonds. The number of fused-ring (bicyclic) bond motifs is 1. The van der Waals surface area contributed by atoms with E-state index in [1.807, 2.05) is 37.3 Å². The van der Waals surface area contributed by atoms with Crippen LogP contribution in [0.2, 0.25) is 0 Å². The highest BCUT2D eigenvalue weighted by Gasteiger charge is 2.47. The second kappa shape index (κ2) is 6.61. The molecular weight excluding hydrogens is 356 g/mol. The monoisotopic (exact) mass is 376 g/mol. The zero-order chi connectivity index (χ0) is 19.3. The number of aliphatic hydroxyl groups is 3. The van der Waals surface area contributed by atoms with E-state index in [0.29, 0.717) is 0 Å². The van der Waals surface area contributed by atoms with Crippen molar-refractivity contribution in [3.63, 3.8) is 0 Å². The van der Waals surface area contributed by atoms with Gasteiger partial charge in [-0.2, -0.15) is 0 Å². The van der Waals surface area contributed by atoms with Crippen LogP contribution in [0.3, 0.4) is 0 Å². The van der Waals surface area contributed by atoms with E-state index in [0.717, 1.165) is 10.1 Å². The van der Waals surface area contributed by atoms with E-state index < -0.39 is 48.5 Å². The largest absolute Gasteiger partial charge is 0.469 e. The summed E-state index contributed by atoms with van der Waals surface area (Å²) in [5, 5.41) is 29.6. The molecule has 144 valence electrons. The van der Waals surface area contributed by atoms with Gasteiger partial charge in [0.2, 0.25) is 5.88 Å². The van der Waals surface area contributed by atoms with Gasteiger partial charge >= 0.3 is 5.69 Å². The van der Waals surface area contributed by atoms with Crippen molar-refractivity contribution in [3.8, 4) is 5.88 Å². The van der Waals surface area contributed by atoms with E-state index in [4.69, 9.17) is 9.47 Å². The van der Waals surface area contributed by atoms with Crippen LogP contribution in [0.25, 0.3) is 0 Å². The number of aliphatic hydroxyl groups excluding tert-OH is 3. The smallest absolute Gasteiger partial charge is 0.333 e. The molecule has 1 saturated heterocycles. The van der Waals surface area contributed by atoms with Gasteiger partial charge in [-0.25, -0.2) is 9.36 Å². The quantitative estimate of drug-likeness (QED) is 0.561. The third-order valence-electron chi connectivity index (χ3n) is 5.18. The fourth-order valence-corrected chi connectivity index (χ4v) is 3.76. The van der Waals surface area contributed by atoms with E-state index in [1.54, 1.807) is 0 Å².